The first kappa shape index (κ1) is 80.2. The molecule has 0 bridgehead atoms. The first-order valence-corrected chi connectivity index (χ1v) is 36.2. The van der Waals surface area contributed by atoms with Gasteiger partial charge in [-0.1, -0.05) is 144 Å². The summed E-state index contributed by atoms with van der Waals surface area (Å²) in [6, 6.07) is 44.8. The molecule has 0 amide bonds. The van der Waals surface area contributed by atoms with E-state index in [1.807, 2.05) is 126 Å². The molecule has 0 aliphatic carbocycles. The molecule has 3 unspecified atom stereocenters. The van der Waals surface area contributed by atoms with Crippen LogP contribution in [-0.4, -0.2) is 115 Å². The average molecular weight is 1420 g/mol. The fourth-order valence-electron chi connectivity index (χ4n) is 9.94. The molecule has 97 heavy (non-hydrogen) atoms. The topological polar surface area (TPSA) is 197 Å². The Bertz CT molecular complexity index is 3990. The number of carbonyl (C=O) groups is 7. The number of aliphatic hydroxyl groups is 1. The maximum absolute atomic E-state index is 12.1. The van der Waals surface area contributed by atoms with Gasteiger partial charge < -0.3 is 29.2 Å². The number of methoxy groups -OCH3 is 4. The van der Waals surface area contributed by atoms with E-state index in [2.05, 4.69) is 79.2 Å². The molecule has 512 valence electrons. The van der Waals surface area contributed by atoms with E-state index >= 15 is 0 Å². The molecular formula is C78H86O13S6. The van der Waals surface area contributed by atoms with Crippen LogP contribution in [0.5, 0.6) is 0 Å². The van der Waals surface area contributed by atoms with E-state index in [-0.39, 0.29) is 44.3 Å². The molecule has 6 aliphatic rings. The third-order valence-corrected chi connectivity index (χ3v) is 22.1. The Kier molecular flexibility index (Phi) is 31.9. The molecule has 6 aliphatic heterocycles. The maximum atomic E-state index is 12.1. The summed E-state index contributed by atoms with van der Waals surface area (Å²) in [6.07, 6.45) is 4.86. The Hall–Kier alpha value is -7.49. The van der Waals surface area contributed by atoms with Gasteiger partial charge in [0.05, 0.1) is 46.2 Å². The van der Waals surface area contributed by atoms with Crippen LogP contribution in [-0.2, 0) is 42.9 Å². The van der Waals surface area contributed by atoms with Crippen molar-refractivity contribution in [2.45, 2.75) is 106 Å². The summed E-state index contributed by atoms with van der Waals surface area (Å²) in [5, 5.41) is 19.0. The van der Waals surface area contributed by atoms with Crippen molar-refractivity contribution in [3.05, 3.63) is 228 Å². The largest absolute Gasteiger partial charge is 0.478 e. The lowest BCUT2D eigenvalue weighted by molar-refractivity contribution is -0.148. The van der Waals surface area contributed by atoms with Crippen molar-refractivity contribution in [1.29, 1.82) is 0 Å². The zero-order valence-corrected chi connectivity index (χ0v) is 60.1. The highest BCUT2D eigenvalue weighted by atomic mass is 32.2. The third-order valence-electron chi connectivity index (χ3n) is 15.2. The summed E-state index contributed by atoms with van der Waals surface area (Å²) in [7, 11) is 5.50. The number of ketones is 2. The molecule has 3 atom stereocenters. The Labute approximate surface area is 597 Å². The number of hydrogen-bond acceptors (Lipinski definition) is 18. The van der Waals surface area contributed by atoms with Crippen molar-refractivity contribution in [2.75, 3.05) is 63.0 Å². The normalized spacial score (nSPS) is 16.0. The van der Waals surface area contributed by atoms with E-state index in [1.165, 1.54) is 82.7 Å². The summed E-state index contributed by atoms with van der Waals surface area (Å²) in [5.41, 5.74) is 17.1. The first-order chi connectivity index (χ1) is 45.4. The molecule has 2 N–H and O–H groups in total. The van der Waals surface area contributed by atoms with Crippen LogP contribution in [0.15, 0.2) is 180 Å². The van der Waals surface area contributed by atoms with Crippen LogP contribution >= 0.6 is 70.6 Å². The molecule has 0 radical (unpaired) electrons. The molecule has 6 heterocycles. The second-order valence-electron chi connectivity index (χ2n) is 22.8. The monoisotopic (exact) mass is 1420 g/mol. The van der Waals surface area contributed by atoms with Crippen LogP contribution in [0.25, 0.3) is 18.2 Å². The number of Topliss-reactive ketones (excluding diaryl/α,β-unsaturated/α-hetero) is 2. The summed E-state index contributed by atoms with van der Waals surface area (Å²) in [4.78, 5) is 86.4. The van der Waals surface area contributed by atoms with Gasteiger partial charge in [-0.05, 0) is 144 Å². The molecule has 19 heteroatoms. The zero-order valence-electron chi connectivity index (χ0n) is 55.2. The number of carboxylic acid groups (broad SMARTS) is 1. The molecule has 0 saturated heterocycles. The number of fused-ring (bicyclic) bond motifs is 6. The summed E-state index contributed by atoms with van der Waals surface area (Å²) >= 11 is 9.70. The van der Waals surface area contributed by atoms with Crippen molar-refractivity contribution in [2.24, 2.45) is 11.8 Å². The van der Waals surface area contributed by atoms with Gasteiger partial charge in [0.15, 0.2) is 11.6 Å². The lowest BCUT2D eigenvalue weighted by Gasteiger charge is -2.27. The second kappa shape index (κ2) is 38.6. The molecular weight excluding hydrogens is 1340 g/mol. The number of aryl methyl sites for hydroxylation is 8. The lowest BCUT2D eigenvalue weighted by atomic mass is 9.95. The SMILES string of the molecule is C.C.COC(=O)C1=Cc2cc(C)ccc2SC1.COC(=O)C1=Cc2cc(C)ccc2SC1.COC(=O)C1CSc2ccc(C)cc2C1=O.COC(=O)C1CSc2ccc(C)cc2C1O.Cc1ccc(C)cc1.Cc1ccc2c(c1)C(=O)CS2.Cc1ccc2c(c1)C=C(C(=O)O)CS2. The quantitative estimate of drug-likeness (QED) is 0.0936. The minimum Gasteiger partial charge on any atom is -0.478 e. The van der Waals surface area contributed by atoms with Crippen LogP contribution < -0.4 is 0 Å². The lowest BCUT2D eigenvalue weighted by Crippen LogP contribution is -2.30. The van der Waals surface area contributed by atoms with Crippen molar-refractivity contribution in [3.63, 3.8) is 0 Å². The summed E-state index contributed by atoms with van der Waals surface area (Å²) in [5.74, 6) is 0.624. The van der Waals surface area contributed by atoms with Gasteiger partial charge in [0.25, 0.3) is 0 Å². The Balaban J connectivity index is 0.000000205. The van der Waals surface area contributed by atoms with Gasteiger partial charge >= 0.3 is 29.8 Å². The molecule has 0 saturated carbocycles. The first-order valence-electron chi connectivity index (χ1n) is 30.3. The number of rotatable bonds is 5. The van der Waals surface area contributed by atoms with E-state index in [9.17, 15) is 38.7 Å². The van der Waals surface area contributed by atoms with Gasteiger partial charge in [-0.15, -0.1) is 70.6 Å². The van der Waals surface area contributed by atoms with Crippen molar-refractivity contribution < 1.29 is 62.7 Å². The van der Waals surface area contributed by atoms with Gasteiger partial charge in [-0.25, -0.2) is 14.4 Å². The van der Waals surface area contributed by atoms with Gasteiger partial charge in [-0.2, -0.15) is 0 Å². The Morgan fingerprint density at radius 2 is 0.742 bits per heavy atom. The number of ether oxygens (including phenoxy) is 4. The van der Waals surface area contributed by atoms with Gasteiger partial charge in [-0.3, -0.25) is 19.2 Å². The number of hydrogen-bond donors (Lipinski definition) is 2. The molecule has 13 rings (SSSR count). The van der Waals surface area contributed by atoms with E-state index in [4.69, 9.17) is 19.3 Å². The van der Waals surface area contributed by atoms with Crippen LogP contribution in [0.3, 0.4) is 0 Å². The number of carboxylic acids is 1. The van der Waals surface area contributed by atoms with Crippen molar-refractivity contribution >= 4 is 130 Å². The number of aliphatic carboxylic acids is 1. The Morgan fingerprint density at radius 3 is 1.18 bits per heavy atom. The van der Waals surface area contributed by atoms with E-state index in [0.717, 1.165) is 70.3 Å². The predicted octanol–water partition coefficient (Wildman–Crippen LogP) is 17.7. The highest BCUT2D eigenvalue weighted by molar-refractivity contribution is 8.01. The van der Waals surface area contributed by atoms with Crippen LogP contribution in [0.1, 0.15) is 108 Å². The fourth-order valence-corrected chi connectivity index (χ4v) is 16.1. The minimum absolute atomic E-state index is 0. The smallest absolute Gasteiger partial charge is 0.334 e. The highest BCUT2D eigenvalue weighted by Crippen LogP contribution is 2.41. The Morgan fingerprint density at radius 1 is 0.392 bits per heavy atom. The third kappa shape index (κ3) is 22.8. The predicted molar refractivity (Wildman–Crippen MR) is 401 cm³/mol. The van der Waals surface area contributed by atoms with Crippen LogP contribution in [0, 0.1) is 67.2 Å². The van der Waals surface area contributed by atoms with Crippen LogP contribution in [0.4, 0.5) is 0 Å². The van der Waals surface area contributed by atoms with Crippen molar-refractivity contribution in [1.82, 2.24) is 0 Å². The van der Waals surface area contributed by atoms with E-state index in [0.29, 0.717) is 45.7 Å². The molecule has 7 aromatic carbocycles. The molecule has 13 nitrogen and oxygen atoms in total. The average Bonchev–Trinajstić information content (AvgIpc) is 1.32. The number of carbonyl (C=O) groups excluding carboxylic acids is 6. The standard InChI is InChI=1S/C12H14O3S.C12H12O3S.2C12H12O2S.C11H10O2S.C9H8OS.C8H10.2CH4/c2*1-7-3-4-10-8(5-7)11(13)9(6-16-10)12(14)15-2;2*1-8-3-4-11-9(5-8)6-10(7-15-11)12(13)14-2;1-7-2-3-10-8(4-7)5-9(6-14-10)11(12)13;1-6-2-3-9-7(4-6)8(10)5-11-9;1-7-3-5-8(2)6-4-7;;/h3-5,9,11,13H,6H2,1-2H3;3-5,9H,6H2,1-2H3;2*3-6H,7H2,1-2H3;2-5H,6H2,1H3,(H,12,13);2-4H,5H2,1H3;3-6H,1-2H3;2*1H4. The zero-order chi connectivity index (χ0) is 69.0. The van der Waals surface area contributed by atoms with E-state index in [1.54, 1.807) is 64.9 Å². The van der Waals surface area contributed by atoms with Gasteiger partial charge in [0.1, 0.15) is 5.92 Å². The maximum Gasteiger partial charge on any atom is 0.334 e. The number of benzene rings is 7. The fraction of sp³-hybridized carbons (Fsp3) is 0.295. The molecule has 7 aromatic rings. The summed E-state index contributed by atoms with van der Waals surface area (Å²) < 4.78 is 18.8. The van der Waals surface area contributed by atoms with Crippen LogP contribution in [0.2, 0.25) is 0 Å². The summed E-state index contributed by atoms with van der Waals surface area (Å²) in [6.45, 7) is 16.2. The van der Waals surface area contributed by atoms with Crippen molar-refractivity contribution in [3.8, 4) is 0 Å². The number of aliphatic hydroxyl groups excluding tert-OH is 1. The molecule has 0 aromatic heterocycles. The van der Waals surface area contributed by atoms with Gasteiger partial charge in [0.2, 0.25) is 0 Å². The van der Waals surface area contributed by atoms with Gasteiger partial charge in [0, 0.05) is 86.0 Å². The molecule has 0 fully saturated rings. The highest BCUT2D eigenvalue weighted by Gasteiger charge is 2.36. The van der Waals surface area contributed by atoms with E-state index < -0.39 is 29.9 Å². The number of esters is 4. The second-order valence-corrected chi connectivity index (χ2v) is 29.0. The number of thioether (sulfide) groups is 6. The molecule has 0 spiro atoms. The minimum atomic E-state index is -0.815.